The van der Waals surface area contributed by atoms with Crippen LogP contribution in [-0.2, 0) is 0 Å². The molecule has 0 atom stereocenters. The molecule has 0 unspecified atom stereocenters. The van der Waals surface area contributed by atoms with Crippen LogP contribution in [0.5, 0.6) is 11.5 Å². The third-order valence-corrected chi connectivity index (χ3v) is 3.69. The van der Waals surface area contributed by atoms with Crippen LogP contribution in [0.1, 0.15) is 58.3 Å². The molecule has 2 nitrogen and oxygen atoms in total. The van der Waals surface area contributed by atoms with E-state index in [4.69, 9.17) is 9.47 Å². The molecule has 1 aromatic rings. The molecular weight excluding hydrogens is 280 g/mol. The van der Waals surface area contributed by atoms with Crippen LogP contribution in [0.15, 0.2) is 24.3 Å². The molecule has 0 aromatic heterocycles. The van der Waals surface area contributed by atoms with Crippen molar-refractivity contribution in [2.75, 3.05) is 19.0 Å². The molecule has 0 saturated heterocycles. The van der Waals surface area contributed by atoms with Gasteiger partial charge in [-0.1, -0.05) is 51.2 Å². The first-order valence-electron chi connectivity index (χ1n) is 8.34. The van der Waals surface area contributed by atoms with Crippen molar-refractivity contribution in [2.45, 2.75) is 58.3 Å². The Balaban J connectivity index is 2.09. The summed E-state index contributed by atoms with van der Waals surface area (Å²) in [6.07, 6.45) is 9.95. The monoisotopic (exact) mass is 310 g/mol. The minimum atomic E-state index is 0.743. The molecule has 3 heteroatoms. The first kappa shape index (κ1) is 18.2. The largest absolute Gasteiger partial charge is 0.490 e. The summed E-state index contributed by atoms with van der Waals surface area (Å²) in [6.45, 7) is 3.63. The summed E-state index contributed by atoms with van der Waals surface area (Å²) < 4.78 is 11.5. The van der Waals surface area contributed by atoms with Gasteiger partial charge in [0.05, 0.1) is 13.2 Å². The molecular formula is C18H30O2S. The smallest absolute Gasteiger partial charge is 0.161 e. The Morgan fingerprint density at radius 1 is 0.762 bits per heavy atom. The molecule has 0 radical (unpaired) electrons. The number of hydrogen-bond donors (Lipinski definition) is 1. The molecule has 1 aromatic carbocycles. The average Bonchev–Trinajstić information content (AvgIpc) is 2.52. The number of ether oxygens (including phenoxy) is 2. The molecule has 120 valence electrons. The molecule has 0 aliphatic rings. The van der Waals surface area contributed by atoms with E-state index in [9.17, 15) is 0 Å². The lowest BCUT2D eigenvalue weighted by atomic mass is 10.1. The Labute approximate surface area is 135 Å². The van der Waals surface area contributed by atoms with Crippen molar-refractivity contribution in [1.29, 1.82) is 0 Å². The number of benzene rings is 1. The van der Waals surface area contributed by atoms with Crippen LogP contribution < -0.4 is 9.47 Å². The third-order valence-electron chi connectivity index (χ3n) is 3.37. The second-order valence-electron chi connectivity index (χ2n) is 5.34. The minimum Gasteiger partial charge on any atom is -0.490 e. The van der Waals surface area contributed by atoms with Gasteiger partial charge < -0.3 is 9.47 Å². The molecule has 1 rings (SSSR count). The van der Waals surface area contributed by atoms with Gasteiger partial charge in [-0.05, 0) is 37.1 Å². The van der Waals surface area contributed by atoms with Gasteiger partial charge in [-0.15, -0.1) is 0 Å². The quantitative estimate of drug-likeness (QED) is 0.382. The van der Waals surface area contributed by atoms with E-state index in [1.54, 1.807) is 0 Å². The number of rotatable bonds is 13. The Hall–Kier alpha value is -0.830. The van der Waals surface area contributed by atoms with E-state index in [0.29, 0.717) is 0 Å². The fourth-order valence-corrected chi connectivity index (χ4v) is 2.40. The second-order valence-corrected chi connectivity index (χ2v) is 5.79. The Morgan fingerprint density at radius 3 is 1.86 bits per heavy atom. The van der Waals surface area contributed by atoms with Crippen molar-refractivity contribution < 1.29 is 9.47 Å². The lowest BCUT2D eigenvalue weighted by molar-refractivity contribution is 0.263. The van der Waals surface area contributed by atoms with Gasteiger partial charge in [0, 0.05) is 0 Å². The minimum absolute atomic E-state index is 0.743. The zero-order valence-corrected chi connectivity index (χ0v) is 14.2. The molecule has 0 fully saturated rings. The highest BCUT2D eigenvalue weighted by molar-refractivity contribution is 7.80. The van der Waals surface area contributed by atoms with E-state index < -0.39 is 0 Å². The van der Waals surface area contributed by atoms with Crippen LogP contribution in [0.25, 0.3) is 0 Å². The molecule has 0 aliphatic heterocycles. The number of thiol groups is 1. The molecule has 21 heavy (non-hydrogen) atoms. The van der Waals surface area contributed by atoms with Gasteiger partial charge in [-0.25, -0.2) is 0 Å². The van der Waals surface area contributed by atoms with Gasteiger partial charge in [-0.3, -0.25) is 0 Å². The standard InChI is InChI=1S/C18H30O2S/c1-2-14-19-17-12-8-9-13-18(17)20-15-10-6-4-3-5-7-11-16-21/h8-9,12-13,21H,2-7,10-11,14-16H2,1H3. The number of para-hydroxylation sites is 2. The van der Waals surface area contributed by atoms with Crippen LogP contribution >= 0.6 is 12.6 Å². The van der Waals surface area contributed by atoms with Crippen molar-refractivity contribution in [2.24, 2.45) is 0 Å². The van der Waals surface area contributed by atoms with Crippen LogP contribution in [0.3, 0.4) is 0 Å². The zero-order valence-electron chi connectivity index (χ0n) is 13.4. The van der Waals surface area contributed by atoms with Crippen molar-refractivity contribution >= 4 is 12.6 Å². The van der Waals surface area contributed by atoms with E-state index >= 15 is 0 Å². The maximum Gasteiger partial charge on any atom is 0.161 e. The molecule has 0 bridgehead atoms. The van der Waals surface area contributed by atoms with Crippen molar-refractivity contribution in [3.05, 3.63) is 24.3 Å². The van der Waals surface area contributed by atoms with Crippen molar-refractivity contribution in [3.63, 3.8) is 0 Å². The van der Waals surface area contributed by atoms with Gasteiger partial charge in [-0.2, -0.15) is 12.6 Å². The molecule has 0 aliphatic carbocycles. The molecule has 0 spiro atoms. The fraction of sp³-hybridized carbons (Fsp3) is 0.667. The fourth-order valence-electron chi connectivity index (χ4n) is 2.18. The molecule has 0 amide bonds. The lowest BCUT2D eigenvalue weighted by Gasteiger charge is -2.12. The highest BCUT2D eigenvalue weighted by Gasteiger charge is 2.03. The first-order chi connectivity index (χ1) is 10.4. The summed E-state index contributed by atoms with van der Waals surface area (Å²) >= 11 is 4.23. The topological polar surface area (TPSA) is 18.5 Å². The molecule has 0 heterocycles. The predicted octanol–water partition coefficient (Wildman–Crippen LogP) is 5.51. The van der Waals surface area contributed by atoms with E-state index in [2.05, 4.69) is 19.6 Å². The highest BCUT2D eigenvalue weighted by Crippen LogP contribution is 2.26. The van der Waals surface area contributed by atoms with E-state index in [1.165, 1.54) is 38.5 Å². The average molecular weight is 311 g/mol. The van der Waals surface area contributed by atoms with Gasteiger partial charge in [0.15, 0.2) is 11.5 Å². The normalized spacial score (nSPS) is 10.6. The van der Waals surface area contributed by atoms with Crippen LogP contribution in [0.4, 0.5) is 0 Å². The summed E-state index contributed by atoms with van der Waals surface area (Å²) in [6, 6.07) is 7.95. The lowest BCUT2D eigenvalue weighted by Crippen LogP contribution is -2.01. The van der Waals surface area contributed by atoms with E-state index in [0.717, 1.165) is 43.3 Å². The zero-order chi connectivity index (χ0) is 15.2. The number of unbranched alkanes of at least 4 members (excludes halogenated alkanes) is 6. The van der Waals surface area contributed by atoms with Gasteiger partial charge >= 0.3 is 0 Å². The summed E-state index contributed by atoms with van der Waals surface area (Å²) in [4.78, 5) is 0. The SMILES string of the molecule is CCCOc1ccccc1OCCCCCCCCCS. The third kappa shape index (κ3) is 8.92. The molecule has 0 N–H and O–H groups in total. The van der Waals surface area contributed by atoms with Crippen molar-refractivity contribution in [1.82, 2.24) is 0 Å². The van der Waals surface area contributed by atoms with E-state index in [-0.39, 0.29) is 0 Å². The van der Waals surface area contributed by atoms with Gasteiger partial charge in [0.1, 0.15) is 0 Å². The van der Waals surface area contributed by atoms with Crippen LogP contribution in [0.2, 0.25) is 0 Å². The van der Waals surface area contributed by atoms with Crippen molar-refractivity contribution in [3.8, 4) is 11.5 Å². The predicted molar refractivity (Wildman–Crippen MR) is 93.9 cm³/mol. The Bertz CT molecular complexity index is 355. The number of hydrogen-bond acceptors (Lipinski definition) is 3. The Morgan fingerprint density at radius 2 is 1.29 bits per heavy atom. The summed E-state index contributed by atoms with van der Waals surface area (Å²) in [5.41, 5.74) is 0. The first-order valence-corrected chi connectivity index (χ1v) is 8.97. The van der Waals surface area contributed by atoms with Crippen LogP contribution in [0, 0.1) is 0 Å². The van der Waals surface area contributed by atoms with Gasteiger partial charge in [0.25, 0.3) is 0 Å². The van der Waals surface area contributed by atoms with Gasteiger partial charge in [0.2, 0.25) is 0 Å². The highest BCUT2D eigenvalue weighted by atomic mass is 32.1. The second kappa shape index (κ2) is 12.9. The maximum absolute atomic E-state index is 5.84. The molecule has 0 saturated carbocycles. The summed E-state index contributed by atoms with van der Waals surface area (Å²) in [7, 11) is 0. The maximum atomic E-state index is 5.84. The summed E-state index contributed by atoms with van der Waals surface area (Å²) in [5, 5.41) is 0. The summed E-state index contributed by atoms with van der Waals surface area (Å²) in [5.74, 6) is 2.76. The van der Waals surface area contributed by atoms with Crippen LogP contribution in [-0.4, -0.2) is 19.0 Å². The Kier molecular flexibility index (Phi) is 11.2. The van der Waals surface area contributed by atoms with E-state index in [1.807, 2.05) is 24.3 Å².